The lowest BCUT2D eigenvalue weighted by Gasteiger charge is -2.33. The lowest BCUT2D eigenvalue weighted by atomic mass is 9.93. The van der Waals surface area contributed by atoms with Crippen LogP contribution in [0.5, 0.6) is 0 Å². The molecule has 1 N–H and O–H groups in total. The fourth-order valence-corrected chi connectivity index (χ4v) is 2.43. The van der Waals surface area contributed by atoms with Gasteiger partial charge in [0.25, 0.3) is 0 Å². The lowest BCUT2D eigenvalue weighted by Crippen LogP contribution is -2.45. The first-order valence-electron chi connectivity index (χ1n) is 7.48. The average Bonchev–Trinajstić information content (AvgIpc) is 2.48. The number of carbonyl (C=O) groups is 1. The maximum Gasteiger partial charge on any atom is 0.407 e. The molecule has 1 aromatic carbocycles. The van der Waals surface area contributed by atoms with Crippen molar-refractivity contribution in [3.63, 3.8) is 0 Å². The van der Waals surface area contributed by atoms with Gasteiger partial charge in [0.2, 0.25) is 0 Å². The van der Waals surface area contributed by atoms with Gasteiger partial charge in [-0.3, -0.25) is 0 Å². The Hall–Kier alpha value is -2.24. The number of ether oxygens (including phenoxy) is 2. The van der Waals surface area contributed by atoms with E-state index in [1.54, 1.807) is 26.7 Å². The molecule has 7 heteroatoms. The van der Waals surface area contributed by atoms with Crippen LogP contribution < -0.4 is 5.32 Å². The first-order chi connectivity index (χ1) is 11.2. The number of halogens is 2. The molecule has 1 saturated heterocycles. The fraction of sp³-hybridized carbons (Fsp3) is 0.471. The van der Waals surface area contributed by atoms with Gasteiger partial charge in [0.1, 0.15) is 29.3 Å². The van der Waals surface area contributed by atoms with Gasteiger partial charge in [-0.25, -0.2) is 18.4 Å². The fourth-order valence-electron chi connectivity index (χ4n) is 2.43. The van der Waals surface area contributed by atoms with Crippen molar-refractivity contribution in [2.75, 3.05) is 6.61 Å². The van der Waals surface area contributed by atoms with E-state index in [9.17, 15) is 18.4 Å². The molecule has 0 spiro atoms. The van der Waals surface area contributed by atoms with Crippen molar-refractivity contribution in [2.45, 2.75) is 44.9 Å². The maximum absolute atomic E-state index is 14.0. The van der Waals surface area contributed by atoms with E-state index in [1.165, 1.54) is 0 Å². The molecular formula is C17H19F2NO4. The van der Waals surface area contributed by atoms with Crippen molar-refractivity contribution in [1.82, 2.24) is 5.32 Å². The molecule has 0 saturated carbocycles. The van der Waals surface area contributed by atoms with Crippen LogP contribution in [-0.2, 0) is 14.3 Å². The Morgan fingerprint density at radius 1 is 1.38 bits per heavy atom. The topological polar surface area (TPSA) is 64.6 Å². The Morgan fingerprint density at radius 3 is 2.71 bits per heavy atom. The summed E-state index contributed by atoms with van der Waals surface area (Å²) in [5, 5.41) is 2.56. The molecule has 24 heavy (non-hydrogen) atoms. The molecule has 5 nitrogen and oxygen atoms in total. The molecule has 1 fully saturated rings. The predicted molar refractivity (Wildman–Crippen MR) is 82.0 cm³/mol. The van der Waals surface area contributed by atoms with Crippen LogP contribution in [0.25, 0.3) is 0 Å². The monoisotopic (exact) mass is 339 g/mol. The van der Waals surface area contributed by atoms with Crippen molar-refractivity contribution in [1.29, 1.82) is 0 Å². The van der Waals surface area contributed by atoms with Gasteiger partial charge in [-0.15, -0.1) is 0 Å². The highest BCUT2D eigenvalue weighted by Gasteiger charge is 2.34. The molecule has 1 aliphatic rings. The van der Waals surface area contributed by atoms with Gasteiger partial charge in [0.05, 0.1) is 12.6 Å². The van der Waals surface area contributed by atoms with E-state index >= 15 is 0 Å². The van der Waals surface area contributed by atoms with Crippen LogP contribution in [-0.4, -0.2) is 30.3 Å². The number of benzene rings is 1. The van der Waals surface area contributed by atoms with Crippen LogP contribution >= 0.6 is 0 Å². The second kappa shape index (κ2) is 7.11. The van der Waals surface area contributed by atoms with Gasteiger partial charge in [0.15, 0.2) is 0 Å². The summed E-state index contributed by atoms with van der Waals surface area (Å²) in [6, 6.07) is 2.22. The molecule has 2 rings (SSSR count). The smallest absolute Gasteiger partial charge is 0.407 e. The standard InChI is InChI=1S/C17H19F2NO4/c1-17(2,3)24-16(22)20-14-6-10(8-21)9-23-15(14)12-7-11(18)4-5-13(12)19/h4-5,7,14-15H,6,9H2,1-3H3,(H,20,22)/t14-,15+/m0/s1. The number of hydrogen-bond acceptors (Lipinski definition) is 4. The highest BCUT2D eigenvalue weighted by Crippen LogP contribution is 2.32. The van der Waals surface area contributed by atoms with Gasteiger partial charge < -0.3 is 14.8 Å². The van der Waals surface area contributed by atoms with Crippen LogP contribution in [0.4, 0.5) is 13.6 Å². The van der Waals surface area contributed by atoms with Crippen LogP contribution in [0.2, 0.25) is 0 Å². The van der Waals surface area contributed by atoms with E-state index in [0.29, 0.717) is 5.57 Å². The van der Waals surface area contributed by atoms with Gasteiger partial charge in [-0.2, -0.15) is 0 Å². The zero-order chi connectivity index (χ0) is 17.9. The third kappa shape index (κ3) is 4.63. The highest BCUT2D eigenvalue weighted by molar-refractivity contribution is 5.68. The summed E-state index contributed by atoms with van der Waals surface area (Å²) in [4.78, 5) is 22.9. The summed E-state index contributed by atoms with van der Waals surface area (Å²) < 4.78 is 38.1. The largest absolute Gasteiger partial charge is 0.444 e. The molecule has 130 valence electrons. The molecule has 1 aromatic rings. The second-order valence-corrected chi connectivity index (χ2v) is 6.56. The van der Waals surface area contributed by atoms with Crippen molar-refractivity contribution < 1.29 is 27.8 Å². The van der Waals surface area contributed by atoms with E-state index in [0.717, 1.165) is 18.2 Å². The Labute approximate surface area is 138 Å². The summed E-state index contributed by atoms with van der Waals surface area (Å²) in [6.45, 7) is 5.04. The number of rotatable bonds is 2. The van der Waals surface area contributed by atoms with Crippen LogP contribution in [0.1, 0.15) is 38.9 Å². The first kappa shape index (κ1) is 18.1. The molecule has 0 radical (unpaired) electrons. The number of nitrogens with one attached hydrogen (secondary N) is 1. The summed E-state index contributed by atoms with van der Waals surface area (Å²) in [5.41, 5.74) is -0.451. The van der Waals surface area contributed by atoms with E-state index in [4.69, 9.17) is 9.47 Å². The van der Waals surface area contributed by atoms with E-state index < -0.39 is 35.5 Å². The minimum absolute atomic E-state index is 0.0268. The molecule has 1 aliphatic heterocycles. The predicted octanol–water partition coefficient (Wildman–Crippen LogP) is 3.08. The van der Waals surface area contributed by atoms with Gasteiger partial charge >= 0.3 is 6.09 Å². The Kier molecular flexibility index (Phi) is 5.36. The normalized spacial score (nSPS) is 21.1. The van der Waals surface area contributed by atoms with E-state index in [1.807, 2.05) is 0 Å². The summed E-state index contributed by atoms with van der Waals surface area (Å²) in [6.07, 6.45) is -1.56. The summed E-state index contributed by atoms with van der Waals surface area (Å²) in [7, 11) is 0. The summed E-state index contributed by atoms with van der Waals surface area (Å²) in [5.74, 6) is 0.456. The Morgan fingerprint density at radius 2 is 2.08 bits per heavy atom. The van der Waals surface area contributed by atoms with Crippen molar-refractivity contribution in [3.05, 3.63) is 41.0 Å². The quantitative estimate of drug-likeness (QED) is 0.841. The third-order valence-electron chi connectivity index (χ3n) is 3.38. The number of alkyl carbamates (subject to hydrolysis) is 1. The van der Waals surface area contributed by atoms with Crippen molar-refractivity contribution >= 4 is 12.0 Å². The molecule has 1 heterocycles. The molecular weight excluding hydrogens is 320 g/mol. The third-order valence-corrected chi connectivity index (χ3v) is 3.38. The van der Waals surface area contributed by atoms with Crippen LogP contribution in [0.15, 0.2) is 23.8 Å². The van der Waals surface area contributed by atoms with Crippen molar-refractivity contribution in [3.8, 4) is 0 Å². The Bertz CT molecular complexity index is 678. The minimum Gasteiger partial charge on any atom is -0.444 e. The van der Waals surface area contributed by atoms with Gasteiger partial charge in [-0.05, 0) is 39.0 Å². The molecule has 0 bridgehead atoms. The molecule has 2 atom stereocenters. The van der Waals surface area contributed by atoms with Crippen LogP contribution in [0.3, 0.4) is 0 Å². The lowest BCUT2D eigenvalue weighted by molar-refractivity contribution is 0.00366. The molecule has 0 unspecified atom stereocenters. The van der Waals surface area contributed by atoms with E-state index in [2.05, 4.69) is 5.32 Å². The molecule has 0 aromatic heterocycles. The summed E-state index contributed by atoms with van der Waals surface area (Å²) >= 11 is 0. The van der Waals surface area contributed by atoms with Gasteiger partial charge in [-0.1, -0.05) is 0 Å². The second-order valence-electron chi connectivity index (χ2n) is 6.56. The minimum atomic E-state index is -0.940. The highest BCUT2D eigenvalue weighted by atomic mass is 19.1. The average molecular weight is 339 g/mol. The zero-order valence-electron chi connectivity index (χ0n) is 13.7. The van der Waals surface area contributed by atoms with Crippen LogP contribution in [0, 0.1) is 11.6 Å². The number of amides is 1. The first-order valence-corrected chi connectivity index (χ1v) is 7.48. The Balaban J connectivity index is 2.26. The SMILES string of the molecule is CC(C)(C)OC(=O)N[C@H]1CC(=C=O)CO[C@@H]1c1cc(F)ccc1F. The van der Waals surface area contributed by atoms with Gasteiger partial charge in [0, 0.05) is 17.6 Å². The number of carbonyl (C=O) groups excluding carboxylic acids is 2. The number of hydrogen-bond donors (Lipinski definition) is 1. The zero-order valence-corrected chi connectivity index (χ0v) is 13.7. The molecule has 0 aliphatic carbocycles. The maximum atomic E-state index is 14.0. The van der Waals surface area contributed by atoms with E-state index in [-0.39, 0.29) is 18.6 Å². The molecule has 1 amide bonds. The van der Waals surface area contributed by atoms with Crippen molar-refractivity contribution in [2.24, 2.45) is 0 Å².